The molecule has 2 aromatic heterocycles. The molecule has 0 bridgehead atoms. The highest BCUT2D eigenvalue weighted by atomic mass is 16.5. The van der Waals surface area contributed by atoms with E-state index < -0.39 is 0 Å². The zero-order valence-electron chi connectivity index (χ0n) is 28.8. The first-order valence-corrected chi connectivity index (χ1v) is 17.2. The molecular formula is C34H50N6O8. The van der Waals surface area contributed by atoms with Crippen LogP contribution < -0.4 is 9.80 Å². The van der Waals surface area contributed by atoms with Crippen molar-refractivity contribution >= 4 is 46.5 Å². The molecule has 48 heavy (non-hydrogen) atoms. The van der Waals surface area contributed by atoms with Crippen LogP contribution in [0.3, 0.4) is 0 Å². The normalized spacial score (nSPS) is 15.1. The van der Waals surface area contributed by atoms with E-state index in [9.17, 15) is 19.2 Å². The molecule has 0 aromatic carbocycles. The molecule has 0 aliphatic carbocycles. The highest BCUT2D eigenvalue weighted by Gasteiger charge is 2.29. The maximum absolute atomic E-state index is 11.6. The van der Waals surface area contributed by atoms with E-state index in [1.54, 1.807) is 0 Å². The molecule has 2 aromatic rings. The average Bonchev–Trinajstić information content (AvgIpc) is 3.06. The van der Waals surface area contributed by atoms with Gasteiger partial charge in [0.25, 0.3) is 0 Å². The van der Waals surface area contributed by atoms with Crippen LogP contribution in [0.2, 0.25) is 0 Å². The Balaban J connectivity index is 1.87. The monoisotopic (exact) mass is 670 g/mol. The van der Waals surface area contributed by atoms with Crippen molar-refractivity contribution in [3.05, 3.63) is 11.6 Å². The van der Waals surface area contributed by atoms with Crippen molar-refractivity contribution in [2.24, 2.45) is 0 Å². The van der Waals surface area contributed by atoms with Gasteiger partial charge in [-0.05, 0) is 64.2 Å². The number of hydrogen-bond acceptors (Lipinski definition) is 14. The van der Waals surface area contributed by atoms with Crippen LogP contribution in [0.25, 0.3) is 11.0 Å². The number of anilines is 2. The summed E-state index contributed by atoms with van der Waals surface area (Å²) in [4.78, 5) is 71.6. The molecular weight excluding hydrogens is 620 g/mol. The summed E-state index contributed by atoms with van der Waals surface area (Å²) in [5.41, 5.74) is 1.30. The molecule has 4 rings (SSSR count). The molecule has 2 fully saturated rings. The number of rotatable bonds is 16. The Morgan fingerprint density at radius 3 is 1.06 bits per heavy atom. The summed E-state index contributed by atoms with van der Waals surface area (Å²) < 4.78 is 21.2. The second-order valence-corrected chi connectivity index (χ2v) is 12.5. The number of piperidine rings is 2. The van der Waals surface area contributed by atoms with Crippen LogP contribution in [0, 0.1) is 0 Å². The minimum atomic E-state index is -0.368. The first-order chi connectivity index (χ1) is 23.1. The molecule has 4 heterocycles. The third-order valence-corrected chi connectivity index (χ3v) is 8.67. The number of fused-ring (bicyclic) bond motifs is 1. The van der Waals surface area contributed by atoms with Gasteiger partial charge in [0.1, 0.15) is 22.7 Å². The minimum absolute atomic E-state index is 0.182. The van der Waals surface area contributed by atoms with E-state index in [0.29, 0.717) is 48.4 Å². The van der Waals surface area contributed by atoms with Gasteiger partial charge in [0.15, 0.2) is 11.6 Å². The van der Waals surface area contributed by atoms with Gasteiger partial charge in [0.05, 0.1) is 26.4 Å². The van der Waals surface area contributed by atoms with Gasteiger partial charge >= 0.3 is 23.9 Å². The van der Waals surface area contributed by atoms with Crippen molar-refractivity contribution in [2.45, 2.75) is 104 Å². The van der Waals surface area contributed by atoms with E-state index in [4.69, 9.17) is 38.9 Å². The molecule has 2 saturated heterocycles. The number of carbonyl (C=O) groups is 4. The van der Waals surface area contributed by atoms with Crippen molar-refractivity contribution in [1.82, 2.24) is 19.9 Å². The summed E-state index contributed by atoms with van der Waals surface area (Å²) in [5.74, 6) is 0.591. The van der Waals surface area contributed by atoms with Crippen molar-refractivity contribution in [1.29, 1.82) is 0 Å². The summed E-state index contributed by atoms with van der Waals surface area (Å²) in [6, 6.07) is 0. The van der Waals surface area contributed by atoms with E-state index in [1.807, 2.05) is 0 Å². The molecule has 0 amide bonds. The van der Waals surface area contributed by atoms with Gasteiger partial charge < -0.3 is 28.7 Å². The van der Waals surface area contributed by atoms with Crippen molar-refractivity contribution in [3.63, 3.8) is 0 Å². The lowest BCUT2D eigenvalue weighted by Gasteiger charge is -2.32. The zero-order valence-corrected chi connectivity index (χ0v) is 28.8. The van der Waals surface area contributed by atoms with E-state index in [0.717, 1.165) is 76.3 Å². The van der Waals surface area contributed by atoms with Gasteiger partial charge in [-0.1, -0.05) is 0 Å². The number of esters is 4. The Labute approximate surface area is 282 Å². The van der Waals surface area contributed by atoms with Crippen LogP contribution in [-0.2, 0) is 38.1 Å². The number of hydrogen-bond donors (Lipinski definition) is 0. The fraction of sp³-hybridized carbons (Fsp3) is 0.706. The smallest absolute Gasteiger partial charge is 0.302 e. The lowest BCUT2D eigenvalue weighted by Crippen LogP contribution is -2.33. The average molecular weight is 671 g/mol. The predicted octanol–water partition coefficient (Wildman–Crippen LogP) is 4.38. The fourth-order valence-electron chi connectivity index (χ4n) is 6.22. The predicted molar refractivity (Wildman–Crippen MR) is 178 cm³/mol. The Bertz CT molecular complexity index is 1260. The Kier molecular flexibility index (Phi) is 14.1. The first kappa shape index (κ1) is 36.7. The van der Waals surface area contributed by atoms with E-state index in [2.05, 4.69) is 9.80 Å². The number of nitrogens with zero attached hydrogens (tertiary/aromatic N) is 6. The molecule has 0 spiro atoms. The number of aromatic nitrogens is 4. The maximum Gasteiger partial charge on any atom is 0.302 e. The van der Waals surface area contributed by atoms with E-state index >= 15 is 0 Å². The van der Waals surface area contributed by atoms with Crippen LogP contribution in [-0.4, -0.2) is 96.4 Å². The van der Waals surface area contributed by atoms with Crippen LogP contribution >= 0.6 is 0 Å². The van der Waals surface area contributed by atoms with Gasteiger partial charge in [0.2, 0.25) is 0 Å². The summed E-state index contributed by atoms with van der Waals surface area (Å²) in [6.07, 6.45) is 8.18. The molecule has 2 aliphatic rings. The summed E-state index contributed by atoms with van der Waals surface area (Å²) >= 11 is 0. The SMILES string of the molecule is CC(=O)OCCC(CCOC(C)=O)c1nc(N2CCCCC2)c2nc(C(CCOC(C)=O)CCOC(C)=O)nc(N3CCCCC3)c2n1. The summed E-state index contributed by atoms with van der Waals surface area (Å²) in [7, 11) is 0. The highest BCUT2D eigenvalue weighted by Crippen LogP contribution is 2.36. The zero-order chi connectivity index (χ0) is 34.5. The van der Waals surface area contributed by atoms with Crippen LogP contribution in [0.15, 0.2) is 0 Å². The largest absolute Gasteiger partial charge is 0.466 e. The molecule has 264 valence electrons. The van der Waals surface area contributed by atoms with Crippen molar-refractivity contribution in [3.8, 4) is 0 Å². The molecule has 2 aliphatic heterocycles. The van der Waals surface area contributed by atoms with Gasteiger partial charge in [-0.25, -0.2) is 19.9 Å². The number of ether oxygens (including phenoxy) is 4. The molecule has 0 unspecified atom stereocenters. The molecule has 14 heteroatoms. The molecule has 0 atom stereocenters. The van der Waals surface area contributed by atoms with E-state index in [1.165, 1.54) is 27.7 Å². The van der Waals surface area contributed by atoms with Crippen LogP contribution in [0.1, 0.15) is 115 Å². The van der Waals surface area contributed by atoms with Gasteiger partial charge in [0, 0.05) is 65.7 Å². The second kappa shape index (κ2) is 18.4. The summed E-state index contributed by atoms with van der Waals surface area (Å²) in [5, 5.41) is 0. The number of carbonyl (C=O) groups excluding carboxylic acids is 4. The quantitative estimate of drug-likeness (QED) is 0.183. The lowest BCUT2D eigenvalue weighted by molar-refractivity contribution is -0.142. The topological polar surface area (TPSA) is 163 Å². The third-order valence-electron chi connectivity index (χ3n) is 8.67. The maximum atomic E-state index is 11.6. The lowest BCUT2D eigenvalue weighted by atomic mass is 10.00. The minimum Gasteiger partial charge on any atom is -0.466 e. The van der Waals surface area contributed by atoms with Crippen molar-refractivity contribution < 1.29 is 38.1 Å². The van der Waals surface area contributed by atoms with Crippen molar-refractivity contribution in [2.75, 3.05) is 62.4 Å². The van der Waals surface area contributed by atoms with Gasteiger partial charge in [-0.15, -0.1) is 0 Å². The van der Waals surface area contributed by atoms with Crippen LogP contribution in [0.4, 0.5) is 11.6 Å². The molecule has 0 saturated carbocycles. The molecule has 0 radical (unpaired) electrons. The first-order valence-electron chi connectivity index (χ1n) is 17.2. The van der Waals surface area contributed by atoms with Gasteiger partial charge in [-0.3, -0.25) is 19.2 Å². The summed E-state index contributed by atoms with van der Waals surface area (Å²) in [6.45, 7) is 9.50. The van der Waals surface area contributed by atoms with E-state index in [-0.39, 0.29) is 62.1 Å². The Hall–Kier alpha value is -4.10. The third kappa shape index (κ3) is 11.0. The second-order valence-electron chi connectivity index (χ2n) is 12.5. The van der Waals surface area contributed by atoms with Crippen LogP contribution in [0.5, 0.6) is 0 Å². The molecule has 14 nitrogen and oxygen atoms in total. The highest BCUT2D eigenvalue weighted by molar-refractivity contribution is 5.93. The standard InChI is InChI=1S/C34H50N6O8/c1-23(41)45-19-11-27(12-20-46-24(2)42)31-35-29-30(33(37-31)39-15-7-5-8-16-39)36-32(38-34(29)40-17-9-6-10-18-40)28(13-21-47-25(3)43)14-22-48-26(4)44/h27-28H,5-22H2,1-4H3. The molecule has 0 N–H and O–H groups in total. The fourth-order valence-corrected chi connectivity index (χ4v) is 6.22. The Morgan fingerprint density at radius 1 is 0.500 bits per heavy atom. The Morgan fingerprint density at radius 2 is 0.792 bits per heavy atom. The van der Waals surface area contributed by atoms with Gasteiger partial charge in [-0.2, -0.15) is 0 Å².